The number of aliphatic carboxylic acids is 1. The number of rotatable bonds is 12. The fourth-order valence-corrected chi connectivity index (χ4v) is 4.19. The first-order chi connectivity index (χ1) is 13.0. The third-order valence-electron chi connectivity index (χ3n) is 4.79. The molecule has 29 heavy (non-hydrogen) atoms. The van der Waals surface area contributed by atoms with E-state index in [0.29, 0.717) is 32.8 Å². The lowest BCUT2D eigenvalue weighted by molar-refractivity contribution is -0.158. The summed E-state index contributed by atoms with van der Waals surface area (Å²) >= 11 is 0. The monoisotopic (exact) mass is 460 g/mol. The molecule has 12 heteroatoms. The number of carbonyl (C=O) groups excluding carboxylic acids is 1. The zero-order chi connectivity index (χ0) is 21.4. The molecule has 0 aromatic carbocycles. The topological polar surface area (TPSA) is 142 Å². The van der Waals surface area contributed by atoms with Crippen LogP contribution in [0.25, 0.3) is 0 Å². The molecule has 0 aromatic rings. The van der Waals surface area contributed by atoms with Crippen molar-refractivity contribution in [2.75, 3.05) is 45.1 Å². The molecule has 2 atom stereocenters. The van der Waals surface area contributed by atoms with E-state index in [2.05, 4.69) is 10.2 Å². The summed E-state index contributed by atoms with van der Waals surface area (Å²) < 4.78 is 35.4. The Morgan fingerprint density at radius 1 is 1.28 bits per heavy atom. The molecule has 1 aliphatic heterocycles. The summed E-state index contributed by atoms with van der Waals surface area (Å²) in [6.45, 7) is 7.51. The molecule has 0 saturated carbocycles. The highest BCUT2D eigenvalue weighted by molar-refractivity contribution is 7.86. The van der Waals surface area contributed by atoms with E-state index in [0.717, 1.165) is 0 Å². The smallest absolute Gasteiger partial charge is 0.333 e. The van der Waals surface area contributed by atoms with Gasteiger partial charge in [0.2, 0.25) is 5.91 Å². The lowest BCUT2D eigenvalue weighted by atomic mass is 9.79. The van der Waals surface area contributed by atoms with Gasteiger partial charge in [0.05, 0.1) is 25.1 Å². The Kier molecular flexibility index (Phi) is 12.2. The third kappa shape index (κ3) is 10.1. The summed E-state index contributed by atoms with van der Waals surface area (Å²) in [4.78, 5) is 24.2. The quantitative estimate of drug-likeness (QED) is 0.267. The van der Waals surface area contributed by atoms with Gasteiger partial charge in [-0.3, -0.25) is 13.9 Å². The van der Waals surface area contributed by atoms with Gasteiger partial charge in [-0.15, -0.1) is 12.4 Å². The number of ether oxygens (including phenoxy) is 1. The van der Waals surface area contributed by atoms with Gasteiger partial charge in [-0.2, -0.15) is 8.42 Å². The van der Waals surface area contributed by atoms with E-state index in [1.165, 1.54) is 20.8 Å². The largest absolute Gasteiger partial charge is 0.479 e. The number of carboxylic acid groups (broad SMARTS) is 1. The van der Waals surface area contributed by atoms with Crippen molar-refractivity contribution >= 4 is 34.4 Å². The second-order valence-corrected chi connectivity index (χ2v) is 9.20. The minimum Gasteiger partial charge on any atom is -0.479 e. The van der Waals surface area contributed by atoms with Crippen LogP contribution in [-0.2, 0) is 28.6 Å². The van der Waals surface area contributed by atoms with Gasteiger partial charge in [0.25, 0.3) is 10.1 Å². The minimum absolute atomic E-state index is 0. The molecule has 0 aromatic heterocycles. The summed E-state index contributed by atoms with van der Waals surface area (Å²) in [6.07, 6.45) is -2.40. The highest BCUT2D eigenvalue weighted by Crippen LogP contribution is 2.32. The fourth-order valence-electron chi connectivity index (χ4n) is 2.90. The summed E-state index contributed by atoms with van der Waals surface area (Å²) in [5, 5.41) is 21.8. The molecule has 0 radical (unpaired) electrons. The van der Waals surface area contributed by atoms with Crippen LogP contribution in [0.15, 0.2) is 0 Å². The van der Waals surface area contributed by atoms with Gasteiger partial charge in [0.15, 0.2) is 6.10 Å². The molecular formula is C17H33ClN2O8S. The zero-order valence-corrected chi connectivity index (χ0v) is 18.8. The highest BCUT2D eigenvalue weighted by Gasteiger charge is 2.43. The van der Waals surface area contributed by atoms with Crippen LogP contribution in [0, 0.1) is 5.41 Å². The Morgan fingerprint density at radius 3 is 2.38 bits per heavy atom. The number of morpholine rings is 1. The van der Waals surface area contributed by atoms with Crippen LogP contribution >= 0.6 is 12.4 Å². The first-order valence-electron chi connectivity index (χ1n) is 9.32. The normalized spacial score (nSPS) is 17.8. The van der Waals surface area contributed by atoms with Crippen molar-refractivity contribution < 1.29 is 37.1 Å². The van der Waals surface area contributed by atoms with E-state index >= 15 is 0 Å². The maximum atomic E-state index is 12.4. The van der Waals surface area contributed by atoms with Crippen molar-refractivity contribution in [1.82, 2.24) is 10.2 Å². The lowest BCUT2D eigenvalue weighted by Gasteiger charge is -2.37. The first-order valence-corrected chi connectivity index (χ1v) is 10.9. The molecule has 10 nitrogen and oxygen atoms in total. The molecule has 0 spiro atoms. The van der Waals surface area contributed by atoms with Crippen molar-refractivity contribution in [1.29, 1.82) is 0 Å². The minimum atomic E-state index is -3.97. The van der Waals surface area contributed by atoms with E-state index in [4.69, 9.17) is 8.92 Å². The van der Waals surface area contributed by atoms with Crippen LogP contribution in [0.3, 0.4) is 0 Å². The van der Waals surface area contributed by atoms with Crippen LogP contribution in [-0.4, -0.2) is 92.8 Å². The van der Waals surface area contributed by atoms with Crippen LogP contribution in [0.2, 0.25) is 0 Å². The van der Waals surface area contributed by atoms with Crippen molar-refractivity contribution in [3.63, 3.8) is 0 Å². The van der Waals surface area contributed by atoms with Crippen molar-refractivity contribution in [3.8, 4) is 0 Å². The molecule has 172 valence electrons. The molecule has 0 aliphatic carbocycles. The van der Waals surface area contributed by atoms with E-state index < -0.39 is 33.7 Å². The molecule has 1 unspecified atom stereocenters. The van der Waals surface area contributed by atoms with E-state index in [1.54, 1.807) is 0 Å². The summed E-state index contributed by atoms with van der Waals surface area (Å²) in [7, 11) is -3.97. The van der Waals surface area contributed by atoms with Crippen LogP contribution in [0.1, 0.15) is 33.6 Å². The second-order valence-electron chi connectivity index (χ2n) is 7.49. The lowest BCUT2D eigenvalue weighted by Crippen LogP contribution is -2.48. The number of nitrogens with one attached hydrogen (secondary N) is 1. The molecule has 1 aliphatic rings. The average molecular weight is 461 g/mol. The predicted octanol–water partition coefficient (Wildman–Crippen LogP) is -0.157. The van der Waals surface area contributed by atoms with Gasteiger partial charge in [-0.1, -0.05) is 13.8 Å². The molecule has 0 bridgehead atoms. The number of carbonyl (C=O) groups is 2. The molecule has 1 fully saturated rings. The summed E-state index contributed by atoms with van der Waals surface area (Å²) in [5.74, 6) is -2.01. The van der Waals surface area contributed by atoms with E-state index in [1.807, 2.05) is 0 Å². The molecule has 1 saturated heterocycles. The van der Waals surface area contributed by atoms with Crippen molar-refractivity contribution in [2.45, 2.75) is 45.8 Å². The van der Waals surface area contributed by atoms with Crippen molar-refractivity contribution in [3.05, 3.63) is 0 Å². The Bertz CT molecular complexity index is 623. The Labute approximate surface area is 178 Å². The number of aliphatic hydroxyl groups is 1. The molecule has 1 amide bonds. The number of amides is 1. The van der Waals surface area contributed by atoms with Gasteiger partial charge in [0.1, 0.15) is 0 Å². The number of nitrogens with zero attached hydrogens (tertiary/aromatic N) is 1. The SMILES string of the molecule is CC(=O)NCCCS(=O)(=O)OC(CCN1CCOCC1)C(C)(C)[C@@H](O)C(=O)O.Cl. The van der Waals surface area contributed by atoms with Crippen LogP contribution in [0.5, 0.6) is 0 Å². The Morgan fingerprint density at radius 2 is 1.86 bits per heavy atom. The number of hydrogen-bond donors (Lipinski definition) is 3. The standard InChI is InChI=1S/C17H32N2O8S.ClH/c1-13(20)18-6-4-12-28(24,25)27-14(17(2,3)15(21)16(22)23)5-7-19-8-10-26-11-9-19;/h14-15,21H,4-12H2,1-3H3,(H,18,20)(H,22,23);1H/t14?,15-;/m0./s1. The van der Waals surface area contributed by atoms with Crippen LogP contribution in [0.4, 0.5) is 0 Å². The third-order valence-corrected chi connectivity index (χ3v) is 6.10. The Balaban J connectivity index is 0.00000784. The summed E-state index contributed by atoms with van der Waals surface area (Å²) in [5.41, 5.74) is -1.33. The summed E-state index contributed by atoms with van der Waals surface area (Å²) in [6, 6.07) is 0. The Hall–Kier alpha value is -0.980. The van der Waals surface area contributed by atoms with Crippen LogP contribution < -0.4 is 5.32 Å². The first kappa shape index (κ1) is 28.0. The molecule has 1 heterocycles. The number of carboxylic acids is 1. The van der Waals surface area contributed by atoms with Gasteiger partial charge < -0.3 is 20.3 Å². The van der Waals surface area contributed by atoms with Gasteiger partial charge in [-0.25, -0.2) is 4.79 Å². The maximum absolute atomic E-state index is 12.4. The van der Waals surface area contributed by atoms with Gasteiger partial charge >= 0.3 is 5.97 Å². The zero-order valence-electron chi connectivity index (χ0n) is 17.1. The maximum Gasteiger partial charge on any atom is 0.333 e. The average Bonchev–Trinajstić information content (AvgIpc) is 2.62. The predicted molar refractivity (Wildman–Crippen MR) is 109 cm³/mol. The number of aliphatic hydroxyl groups excluding tert-OH is 1. The van der Waals surface area contributed by atoms with Crippen molar-refractivity contribution in [2.24, 2.45) is 5.41 Å². The van der Waals surface area contributed by atoms with Gasteiger partial charge in [-0.05, 0) is 12.8 Å². The second kappa shape index (κ2) is 12.7. The molecular weight excluding hydrogens is 428 g/mol. The number of halogens is 1. The number of hydrogen-bond acceptors (Lipinski definition) is 8. The molecule has 1 rings (SSSR count). The van der Waals surface area contributed by atoms with Gasteiger partial charge in [0, 0.05) is 38.5 Å². The molecule has 3 N–H and O–H groups in total. The van der Waals surface area contributed by atoms with E-state index in [-0.39, 0.29) is 43.5 Å². The fraction of sp³-hybridized carbons (Fsp3) is 0.882. The van der Waals surface area contributed by atoms with E-state index in [9.17, 15) is 28.2 Å². The highest BCUT2D eigenvalue weighted by atomic mass is 35.5.